The van der Waals surface area contributed by atoms with Gasteiger partial charge in [0.05, 0.1) is 6.42 Å². The standard InChI is InChI=1S/C12H23NO2/c1-2-3-4-5-6-7-8-10-13-11-9-12(14)15/h11H,2-10H2,1H3,(H,14,15). The van der Waals surface area contributed by atoms with Crippen LogP contribution in [0.25, 0.3) is 0 Å². The van der Waals surface area contributed by atoms with Crippen molar-refractivity contribution in [3.05, 3.63) is 0 Å². The second-order valence-electron chi connectivity index (χ2n) is 3.81. The molecule has 1 N–H and O–H groups in total. The molecule has 3 heteroatoms. The van der Waals surface area contributed by atoms with Crippen molar-refractivity contribution in [1.29, 1.82) is 0 Å². The minimum absolute atomic E-state index is 0.0521. The van der Waals surface area contributed by atoms with Crippen molar-refractivity contribution in [2.75, 3.05) is 6.54 Å². The minimum Gasteiger partial charge on any atom is -0.481 e. The molecule has 15 heavy (non-hydrogen) atoms. The highest BCUT2D eigenvalue weighted by atomic mass is 16.4. The van der Waals surface area contributed by atoms with E-state index in [1.165, 1.54) is 44.7 Å². The first-order valence-corrected chi connectivity index (χ1v) is 5.97. The zero-order valence-corrected chi connectivity index (χ0v) is 9.74. The van der Waals surface area contributed by atoms with Crippen LogP contribution < -0.4 is 0 Å². The zero-order chi connectivity index (χ0) is 11.4. The summed E-state index contributed by atoms with van der Waals surface area (Å²) in [5.74, 6) is -0.807. The van der Waals surface area contributed by atoms with Gasteiger partial charge in [0.1, 0.15) is 0 Å². The lowest BCUT2D eigenvalue weighted by atomic mass is 10.1. The normalized spacial score (nSPS) is 11.0. The Morgan fingerprint density at radius 3 is 2.33 bits per heavy atom. The van der Waals surface area contributed by atoms with Crippen LogP contribution in [0, 0.1) is 0 Å². The highest BCUT2D eigenvalue weighted by molar-refractivity contribution is 5.84. The van der Waals surface area contributed by atoms with E-state index in [0.717, 1.165) is 13.0 Å². The van der Waals surface area contributed by atoms with Gasteiger partial charge in [-0.15, -0.1) is 0 Å². The molecule has 0 heterocycles. The molecule has 0 aromatic carbocycles. The summed E-state index contributed by atoms with van der Waals surface area (Å²) >= 11 is 0. The molecule has 0 aliphatic heterocycles. The van der Waals surface area contributed by atoms with Crippen LogP contribution in [-0.2, 0) is 4.79 Å². The van der Waals surface area contributed by atoms with Crippen molar-refractivity contribution >= 4 is 12.2 Å². The van der Waals surface area contributed by atoms with Gasteiger partial charge in [-0.2, -0.15) is 0 Å². The topological polar surface area (TPSA) is 49.7 Å². The van der Waals surface area contributed by atoms with Crippen LogP contribution >= 0.6 is 0 Å². The molecule has 0 bridgehead atoms. The first-order chi connectivity index (χ1) is 7.27. The Kier molecular flexibility index (Phi) is 10.6. The van der Waals surface area contributed by atoms with Crippen LogP contribution in [0.3, 0.4) is 0 Å². The second kappa shape index (κ2) is 11.2. The van der Waals surface area contributed by atoms with Crippen molar-refractivity contribution in [2.24, 2.45) is 4.99 Å². The minimum atomic E-state index is -0.807. The van der Waals surface area contributed by atoms with E-state index in [-0.39, 0.29) is 6.42 Å². The highest BCUT2D eigenvalue weighted by Crippen LogP contribution is 2.06. The molecule has 0 radical (unpaired) electrons. The van der Waals surface area contributed by atoms with E-state index in [0.29, 0.717) is 0 Å². The maximum absolute atomic E-state index is 10.1. The first kappa shape index (κ1) is 14.1. The third-order valence-corrected chi connectivity index (χ3v) is 2.29. The van der Waals surface area contributed by atoms with Gasteiger partial charge in [0.2, 0.25) is 0 Å². The predicted molar refractivity (Wildman–Crippen MR) is 63.6 cm³/mol. The number of carboxylic acids is 1. The molecule has 0 saturated carbocycles. The van der Waals surface area contributed by atoms with Crippen molar-refractivity contribution in [1.82, 2.24) is 0 Å². The maximum atomic E-state index is 10.1. The first-order valence-electron chi connectivity index (χ1n) is 5.97. The van der Waals surface area contributed by atoms with Gasteiger partial charge in [-0.1, -0.05) is 45.4 Å². The van der Waals surface area contributed by atoms with Crippen molar-refractivity contribution in [2.45, 2.75) is 58.3 Å². The summed E-state index contributed by atoms with van der Waals surface area (Å²) in [5.41, 5.74) is 0. The lowest BCUT2D eigenvalue weighted by Gasteiger charge is -1.98. The average molecular weight is 213 g/mol. The van der Waals surface area contributed by atoms with Gasteiger partial charge < -0.3 is 5.11 Å². The lowest BCUT2D eigenvalue weighted by molar-refractivity contribution is -0.135. The molecule has 0 unspecified atom stereocenters. The molecule has 0 aromatic rings. The number of carboxylic acid groups (broad SMARTS) is 1. The monoisotopic (exact) mass is 213 g/mol. The predicted octanol–water partition coefficient (Wildman–Crippen LogP) is 3.28. The molecular formula is C12H23NO2. The van der Waals surface area contributed by atoms with E-state index in [1.807, 2.05) is 0 Å². The Bertz CT molecular complexity index is 178. The summed E-state index contributed by atoms with van der Waals surface area (Å²) in [6.45, 7) is 3.00. The Labute approximate surface area is 92.6 Å². The Balaban J connectivity index is 3.04. The van der Waals surface area contributed by atoms with Crippen LogP contribution in [0.5, 0.6) is 0 Å². The lowest BCUT2D eigenvalue weighted by Crippen LogP contribution is -1.94. The molecule has 0 aliphatic rings. The van der Waals surface area contributed by atoms with Gasteiger partial charge in [0.25, 0.3) is 0 Å². The van der Waals surface area contributed by atoms with Gasteiger partial charge in [-0.3, -0.25) is 9.79 Å². The van der Waals surface area contributed by atoms with Crippen LogP contribution in [0.2, 0.25) is 0 Å². The van der Waals surface area contributed by atoms with E-state index in [2.05, 4.69) is 11.9 Å². The number of unbranched alkanes of at least 4 members (excludes halogenated alkanes) is 6. The van der Waals surface area contributed by atoms with Gasteiger partial charge in [0.15, 0.2) is 0 Å². The number of aliphatic carboxylic acids is 1. The maximum Gasteiger partial charge on any atom is 0.308 e. The van der Waals surface area contributed by atoms with E-state index >= 15 is 0 Å². The summed E-state index contributed by atoms with van der Waals surface area (Å²) in [6, 6.07) is 0. The molecule has 3 nitrogen and oxygen atoms in total. The summed E-state index contributed by atoms with van der Waals surface area (Å²) < 4.78 is 0. The highest BCUT2D eigenvalue weighted by Gasteiger charge is 1.91. The fourth-order valence-corrected chi connectivity index (χ4v) is 1.39. The Morgan fingerprint density at radius 1 is 1.13 bits per heavy atom. The van der Waals surface area contributed by atoms with Gasteiger partial charge >= 0.3 is 5.97 Å². The van der Waals surface area contributed by atoms with Crippen LogP contribution in [0.1, 0.15) is 58.3 Å². The van der Waals surface area contributed by atoms with Crippen LogP contribution in [-0.4, -0.2) is 23.8 Å². The summed E-state index contributed by atoms with van der Waals surface area (Å²) in [5, 5.41) is 8.35. The molecule has 0 saturated heterocycles. The fraction of sp³-hybridized carbons (Fsp3) is 0.833. The number of carbonyl (C=O) groups is 1. The quantitative estimate of drug-likeness (QED) is 0.447. The van der Waals surface area contributed by atoms with Gasteiger partial charge in [-0.05, 0) is 6.42 Å². The zero-order valence-electron chi connectivity index (χ0n) is 9.74. The Hall–Kier alpha value is -0.860. The fourth-order valence-electron chi connectivity index (χ4n) is 1.39. The third kappa shape index (κ3) is 13.1. The largest absolute Gasteiger partial charge is 0.481 e. The number of hydrogen-bond donors (Lipinski definition) is 1. The number of hydrogen-bond acceptors (Lipinski definition) is 2. The molecule has 0 aliphatic carbocycles. The number of aliphatic imine (C=N–C) groups is 1. The molecule has 0 atom stereocenters. The van der Waals surface area contributed by atoms with Crippen molar-refractivity contribution < 1.29 is 9.90 Å². The average Bonchev–Trinajstić information content (AvgIpc) is 2.20. The molecule has 0 rings (SSSR count). The molecule has 88 valence electrons. The molecule has 0 aromatic heterocycles. The smallest absolute Gasteiger partial charge is 0.308 e. The van der Waals surface area contributed by atoms with E-state index in [1.54, 1.807) is 0 Å². The van der Waals surface area contributed by atoms with Gasteiger partial charge in [-0.25, -0.2) is 0 Å². The van der Waals surface area contributed by atoms with E-state index < -0.39 is 5.97 Å². The molecule has 0 fully saturated rings. The SMILES string of the molecule is CCCCCCCCCN=CCC(=O)O. The summed E-state index contributed by atoms with van der Waals surface area (Å²) in [4.78, 5) is 14.2. The summed E-state index contributed by atoms with van der Waals surface area (Å²) in [7, 11) is 0. The van der Waals surface area contributed by atoms with Crippen LogP contribution in [0.4, 0.5) is 0 Å². The van der Waals surface area contributed by atoms with E-state index in [4.69, 9.17) is 5.11 Å². The van der Waals surface area contributed by atoms with E-state index in [9.17, 15) is 4.79 Å². The number of nitrogens with zero attached hydrogens (tertiary/aromatic N) is 1. The molecule has 0 amide bonds. The van der Waals surface area contributed by atoms with Gasteiger partial charge in [0, 0.05) is 12.8 Å². The molecule has 0 spiro atoms. The van der Waals surface area contributed by atoms with Crippen molar-refractivity contribution in [3.8, 4) is 0 Å². The third-order valence-electron chi connectivity index (χ3n) is 2.29. The van der Waals surface area contributed by atoms with Crippen molar-refractivity contribution in [3.63, 3.8) is 0 Å². The number of rotatable bonds is 10. The second-order valence-corrected chi connectivity index (χ2v) is 3.81. The molecular weight excluding hydrogens is 190 g/mol. The summed E-state index contributed by atoms with van der Waals surface area (Å²) in [6.07, 6.45) is 10.4. The van der Waals surface area contributed by atoms with Crippen LogP contribution in [0.15, 0.2) is 4.99 Å². The Morgan fingerprint density at radius 2 is 1.73 bits per heavy atom.